The third-order valence-corrected chi connectivity index (χ3v) is 3.91. The predicted octanol–water partition coefficient (Wildman–Crippen LogP) is 4.40. The molecule has 0 saturated heterocycles. The standard InChI is InChI=1S/C16H13Cl2NO/c1-20-15-9-13-10(8-14(15)18)5-6-19-16(13)11-3-2-4-12(17)7-11/h2-4,7-9H,5-6H2,1H3. The number of ether oxygens (including phenoxy) is 1. The Morgan fingerprint density at radius 1 is 1.15 bits per heavy atom. The Labute approximate surface area is 128 Å². The molecule has 3 rings (SSSR count). The molecule has 0 bridgehead atoms. The van der Waals surface area contributed by atoms with Crippen LogP contribution in [0.4, 0.5) is 0 Å². The zero-order valence-electron chi connectivity index (χ0n) is 11.0. The molecule has 1 aliphatic heterocycles. The molecule has 2 nitrogen and oxygen atoms in total. The Hall–Kier alpha value is -1.51. The van der Waals surface area contributed by atoms with Crippen molar-refractivity contribution in [1.82, 2.24) is 0 Å². The van der Waals surface area contributed by atoms with Crippen molar-refractivity contribution >= 4 is 28.9 Å². The second-order valence-corrected chi connectivity index (χ2v) is 5.48. The summed E-state index contributed by atoms with van der Waals surface area (Å²) in [5, 5.41) is 1.34. The first-order valence-electron chi connectivity index (χ1n) is 6.36. The molecule has 0 amide bonds. The zero-order chi connectivity index (χ0) is 14.1. The maximum atomic E-state index is 6.19. The molecule has 1 heterocycles. The lowest BCUT2D eigenvalue weighted by atomic mass is 9.93. The van der Waals surface area contributed by atoms with E-state index < -0.39 is 0 Å². The number of nitrogens with zero attached hydrogens (tertiary/aromatic N) is 1. The fourth-order valence-corrected chi connectivity index (χ4v) is 2.89. The summed E-state index contributed by atoms with van der Waals surface area (Å²) in [5.41, 5.74) is 4.23. The fourth-order valence-electron chi connectivity index (χ4n) is 2.43. The molecule has 0 fully saturated rings. The van der Waals surface area contributed by atoms with Crippen LogP contribution < -0.4 is 4.74 Å². The molecule has 20 heavy (non-hydrogen) atoms. The van der Waals surface area contributed by atoms with E-state index in [0.29, 0.717) is 15.8 Å². The van der Waals surface area contributed by atoms with Gasteiger partial charge in [-0.05, 0) is 36.2 Å². The fraction of sp³-hybridized carbons (Fsp3) is 0.188. The molecule has 0 saturated carbocycles. The molecule has 0 atom stereocenters. The van der Waals surface area contributed by atoms with E-state index in [1.165, 1.54) is 5.56 Å². The number of aliphatic imine (C=N–C) groups is 1. The molecule has 2 aromatic rings. The molecule has 1 aliphatic rings. The van der Waals surface area contributed by atoms with Crippen LogP contribution >= 0.6 is 23.2 Å². The third kappa shape index (κ3) is 2.41. The van der Waals surface area contributed by atoms with Crippen LogP contribution in [-0.4, -0.2) is 19.4 Å². The van der Waals surface area contributed by atoms with Gasteiger partial charge in [0, 0.05) is 22.7 Å². The molecular formula is C16H13Cl2NO. The Kier molecular flexibility index (Phi) is 3.68. The number of hydrogen-bond acceptors (Lipinski definition) is 2. The van der Waals surface area contributed by atoms with E-state index in [1.807, 2.05) is 36.4 Å². The van der Waals surface area contributed by atoms with Gasteiger partial charge in [0.25, 0.3) is 0 Å². The van der Waals surface area contributed by atoms with E-state index in [-0.39, 0.29) is 0 Å². The van der Waals surface area contributed by atoms with Crippen LogP contribution in [0.1, 0.15) is 16.7 Å². The van der Waals surface area contributed by atoms with Gasteiger partial charge >= 0.3 is 0 Å². The van der Waals surface area contributed by atoms with Gasteiger partial charge in [-0.25, -0.2) is 0 Å². The normalized spacial score (nSPS) is 13.7. The number of methoxy groups -OCH3 is 1. The van der Waals surface area contributed by atoms with Crippen LogP contribution in [0.3, 0.4) is 0 Å². The minimum atomic E-state index is 0.638. The third-order valence-electron chi connectivity index (χ3n) is 3.38. The Balaban J connectivity index is 2.14. The first kappa shape index (κ1) is 13.5. The van der Waals surface area contributed by atoms with Crippen molar-refractivity contribution in [1.29, 1.82) is 0 Å². The van der Waals surface area contributed by atoms with E-state index in [0.717, 1.165) is 29.8 Å². The summed E-state index contributed by atoms with van der Waals surface area (Å²) < 4.78 is 5.31. The van der Waals surface area contributed by atoms with E-state index in [2.05, 4.69) is 4.99 Å². The summed E-state index contributed by atoms with van der Waals surface area (Å²) in [7, 11) is 1.62. The first-order valence-corrected chi connectivity index (χ1v) is 7.12. The van der Waals surface area contributed by atoms with Crippen LogP contribution in [0.2, 0.25) is 10.0 Å². The van der Waals surface area contributed by atoms with E-state index in [9.17, 15) is 0 Å². The number of fused-ring (bicyclic) bond motifs is 1. The van der Waals surface area contributed by atoms with Gasteiger partial charge in [-0.15, -0.1) is 0 Å². The maximum Gasteiger partial charge on any atom is 0.138 e. The molecular weight excluding hydrogens is 293 g/mol. The highest BCUT2D eigenvalue weighted by Crippen LogP contribution is 2.32. The largest absolute Gasteiger partial charge is 0.495 e. The Bertz CT molecular complexity index is 695. The summed E-state index contributed by atoms with van der Waals surface area (Å²) >= 11 is 12.3. The minimum Gasteiger partial charge on any atom is -0.495 e. The van der Waals surface area contributed by atoms with Gasteiger partial charge in [0.05, 0.1) is 17.8 Å². The van der Waals surface area contributed by atoms with E-state index in [4.69, 9.17) is 27.9 Å². The molecule has 2 aromatic carbocycles. The molecule has 102 valence electrons. The average molecular weight is 306 g/mol. The van der Waals surface area contributed by atoms with Gasteiger partial charge in [-0.1, -0.05) is 35.3 Å². The summed E-state index contributed by atoms with van der Waals surface area (Å²) in [4.78, 5) is 4.65. The van der Waals surface area contributed by atoms with E-state index in [1.54, 1.807) is 7.11 Å². The van der Waals surface area contributed by atoms with Crippen LogP contribution in [0.25, 0.3) is 0 Å². The van der Waals surface area contributed by atoms with Crippen molar-refractivity contribution in [3.05, 3.63) is 63.1 Å². The van der Waals surface area contributed by atoms with Crippen LogP contribution in [0.15, 0.2) is 41.4 Å². The molecule has 0 aliphatic carbocycles. The van der Waals surface area contributed by atoms with E-state index >= 15 is 0 Å². The monoisotopic (exact) mass is 305 g/mol. The Morgan fingerprint density at radius 2 is 2.00 bits per heavy atom. The summed E-state index contributed by atoms with van der Waals surface area (Å²) in [6.07, 6.45) is 0.892. The van der Waals surface area contributed by atoms with Gasteiger partial charge in [-0.3, -0.25) is 4.99 Å². The highest BCUT2D eigenvalue weighted by atomic mass is 35.5. The first-order chi connectivity index (χ1) is 9.69. The van der Waals surface area contributed by atoms with Crippen molar-refractivity contribution in [2.45, 2.75) is 6.42 Å². The van der Waals surface area contributed by atoms with Crippen molar-refractivity contribution in [2.24, 2.45) is 4.99 Å². The second kappa shape index (κ2) is 5.47. The van der Waals surface area contributed by atoms with Gasteiger partial charge in [-0.2, -0.15) is 0 Å². The van der Waals surface area contributed by atoms with Crippen molar-refractivity contribution in [3.8, 4) is 5.75 Å². The van der Waals surface area contributed by atoms with Gasteiger partial charge in [0.15, 0.2) is 0 Å². The SMILES string of the molecule is COc1cc2c(cc1Cl)CCN=C2c1cccc(Cl)c1. The summed E-state index contributed by atoms with van der Waals surface area (Å²) in [6.45, 7) is 0.761. The van der Waals surface area contributed by atoms with Crippen LogP contribution in [0, 0.1) is 0 Å². The molecule has 4 heteroatoms. The summed E-state index contributed by atoms with van der Waals surface area (Å²) in [6, 6.07) is 11.7. The second-order valence-electron chi connectivity index (χ2n) is 4.63. The van der Waals surface area contributed by atoms with Gasteiger partial charge in [0.2, 0.25) is 0 Å². The van der Waals surface area contributed by atoms with Crippen molar-refractivity contribution in [2.75, 3.05) is 13.7 Å². The number of rotatable bonds is 2. The molecule has 0 aromatic heterocycles. The molecule has 0 radical (unpaired) electrons. The minimum absolute atomic E-state index is 0.638. The van der Waals surface area contributed by atoms with Gasteiger partial charge < -0.3 is 4.74 Å². The maximum absolute atomic E-state index is 6.19. The molecule has 0 unspecified atom stereocenters. The van der Waals surface area contributed by atoms with Crippen LogP contribution in [-0.2, 0) is 6.42 Å². The lowest BCUT2D eigenvalue weighted by Crippen LogP contribution is -2.14. The van der Waals surface area contributed by atoms with Crippen LogP contribution in [0.5, 0.6) is 5.75 Å². The quantitative estimate of drug-likeness (QED) is 0.806. The topological polar surface area (TPSA) is 21.6 Å². The smallest absolute Gasteiger partial charge is 0.138 e. The summed E-state index contributed by atoms with van der Waals surface area (Å²) in [5.74, 6) is 0.669. The number of halogens is 2. The lowest BCUT2D eigenvalue weighted by molar-refractivity contribution is 0.414. The zero-order valence-corrected chi connectivity index (χ0v) is 12.5. The number of benzene rings is 2. The number of hydrogen-bond donors (Lipinski definition) is 0. The van der Waals surface area contributed by atoms with Gasteiger partial charge in [0.1, 0.15) is 5.75 Å². The highest BCUT2D eigenvalue weighted by Gasteiger charge is 2.18. The average Bonchev–Trinajstić information content (AvgIpc) is 2.45. The molecule has 0 N–H and O–H groups in total. The van der Waals surface area contributed by atoms with Crippen molar-refractivity contribution < 1.29 is 4.74 Å². The molecule has 0 spiro atoms. The Morgan fingerprint density at radius 3 is 2.75 bits per heavy atom. The predicted molar refractivity (Wildman–Crippen MR) is 83.7 cm³/mol. The highest BCUT2D eigenvalue weighted by molar-refractivity contribution is 6.33. The lowest BCUT2D eigenvalue weighted by Gasteiger charge is -2.19. The van der Waals surface area contributed by atoms with Crippen molar-refractivity contribution in [3.63, 3.8) is 0 Å².